The van der Waals surface area contributed by atoms with Gasteiger partial charge in [-0.3, -0.25) is 4.98 Å². The highest BCUT2D eigenvalue weighted by atomic mass is 35.5. The molecule has 0 saturated heterocycles. The third kappa shape index (κ3) is 1.69. The molecule has 0 N–H and O–H groups in total. The summed E-state index contributed by atoms with van der Waals surface area (Å²) < 4.78 is 0. The Hall–Kier alpha value is -1.07. The lowest BCUT2D eigenvalue weighted by Gasteiger charge is -2.02. The van der Waals surface area contributed by atoms with Crippen LogP contribution in [0.5, 0.6) is 0 Å². The molecule has 0 aliphatic rings. The number of pyridine rings is 1. The monoisotopic (exact) mass is 166 g/mol. The lowest BCUT2D eigenvalue weighted by atomic mass is 10.1. The summed E-state index contributed by atoms with van der Waals surface area (Å²) in [5.74, 6) is 0. The smallest absolute Gasteiger partial charge is 0.147 e. The molecule has 1 aromatic heterocycles. The molecule has 0 bridgehead atoms. The molecule has 0 saturated carbocycles. The number of nitriles is 1. The van der Waals surface area contributed by atoms with Gasteiger partial charge in [-0.1, -0.05) is 0 Å². The van der Waals surface area contributed by atoms with Crippen molar-refractivity contribution in [2.45, 2.75) is 12.3 Å². The van der Waals surface area contributed by atoms with Crippen LogP contribution in [0.2, 0.25) is 0 Å². The van der Waals surface area contributed by atoms with Crippen LogP contribution in [-0.4, -0.2) is 4.98 Å². The van der Waals surface area contributed by atoms with Gasteiger partial charge in [-0.2, -0.15) is 5.26 Å². The van der Waals surface area contributed by atoms with Crippen molar-refractivity contribution in [3.63, 3.8) is 0 Å². The van der Waals surface area contributed by atoms with E-state index >= 15 is 0 Å². The van der Waals surface area contributed by atoms with E-state index in [1.807, 2.05) is 19.1 Å². The van der Waals surface area contributed by atoms with Crippen LogP contribution in [-0.2, 0) is 0 Å². The molecule has 0 radical (unpaired) electrons. The first-order valence-electron chi connectivity index (χ1n) is 3.20. The Morgan fingerprint density at radius 1 is 1.73 bits per heavy atom. The average molecular weight is 167 g/mol. The Morgan fingerprint density at radius 3 is 3.00 bits per heavy atom. The maximum Gasteiger partial charge on any atom is 0.147 e. The number of rotatable bonds is 1. The minimum Gasteiger partial charge on any atom is -0.264 e. The average Bonchev–Trinajstić information content (AvgIpc) is 2.04. The Labute approximate surface area is 70.4 Å². The largest absolute Gasteiger partial charge is 0.264 e. The summed E-state index contributed by atoms with van der Waals surface area (Å²) in [7, 11) is 0. The minimum atomic E-state index is -0.580. The predicted molar refractivity (Wildman–Crippen MR) is 43.2 cm³/mol. The summed E-state index contributed by atoms with van der Waals surface area (Å²) in [6, 6.07) is 3.78. The van der Waals surface area contributed by atoms with Crippen LogP contribution in [0.4, 0.5) is 0 Å². The van der Waals surface area contributed by atoms with E-state index in [9.17, 15) is 0 Å². The maximum absolute atomic E-state index is 8.50. The fourth-order valence-electron chi connectivity index (χ4n) is 0.811. The molecule has 0 amide bonds. The van der Waals surface area contributed by atoms with E-state index in [1.165, 1.54) is 0 Å². The van der Waals surface area contributed by atoms with Crippen LogP contribution in [0.15, 0.2) is 18.5 Å². The number of nitrogens with zero attached hydrogens (tertiary/aromatic N) is 2. The third-order valence-electron chi connectivity index (χ3n) is 1.47. The zero-order valence-electron chi connectivity index (χ0n) is 6.08. The van der Waals surface area contributed by atoms with Gasteiger partial charge in [0.05, 0.1) is 6.07 Å². The number of aromatic nitrogens is 1. The van der Waals surface area contributed by atoms with Gasteiger partial charge in [-0.05, 0) is 18.6 Å². The number of halogens is 1. The maximum atomic E-state index is 8.50. The Morgan fingerprint density at radius 2 is 2.45 bits per heavy atom. The topological polar surface area (TPSA) is 36.7 Å². The zero-order valence-corrected chi connectivity index (χ0v) is 6.84. The fourth-order valence-corrected chi connectivity index (χ4v) is 1.04. The van der Waals surface area contributed by atoms with Crippen molar-refractivity contribution in [2.75, 3.05) is 0 Å². The molecule has 0 spiro atoms. The minimum absolute atomic E-state index is 0.580. The highest BCUT2D eigenvalue weighted by molar-refractivity contribution is 6.22. The summed E-state index contributed by atoms with van der Waals surface area (Å²) in [6.45, 7) is 1.91. The Balaban J connectivity index is 3.05. The predicted octanol–water partition coefficient (Wildman–Crippen LogP) is 2.19. The van der Waals surface area contributed by atoms with Gasteiger partial charge in [0.2, 0.25) is 0 Å². The molecule has 1 heterocycles. The number of alkyl halides is 1. The van der Waals surface area contributed by atoms with Crippen molar-refractivity contribution < 1.29 is 0 Å². The summed E-state index contributed by atoms with van der Waals surface area (Å²) >= 11 is 5.69. The summed E-state index contributed by atoms with van der Waals surface area (Å²) in [6.07, 6.45) is 3.30. The number of aryl methyl sites for hydroxylation is 1. The number of hydrogen-bond acceptors (Lipinski definition) is 2. The normalized spacial score (nSPS) is 12.1. The van der Waals surface area contributed by atoms with Crippen LogP contribution >= 0.6 is 11.6 Å². The molecule has 1 unspecified atom stereocenters. The molecule has 0 aliphatic carbocycles. The van der Waals surface area contributed by atoms with Gasteiger partial charge in [0.1, 0.15) is 5.38 Å². The van der Waals surface area contributed by atoms with Crippen molar-refractivity contribution in [3.05, 3.63) is 29.6 Å². The first kappa shape index (κ1) is 8.03. The molecule has 11 heavy (non-hydrogen) atoms. The third-order valence-corrected chi connectivity index (χ3v) is 1.80. The van der Waals surface area contributed by atoms with Gasteiger partial charge in [0, 0.05) is 18.0 Å². The molecular weight excluding hydrogens is 160 g/mol. The summed E-state index contributed by atoms with van der Waals surface area (Å²) in [5.41, 5.74) is 1.79. The highest BCUT2D eigenvalue weighted by Gasteiger charge is 2.07. The van der Waals surface area contributed by atoms with Crippen LogP contribution in [0, 0.1) is 18.3 Å². The zero-order chi connectivity index (χ0) is 8.27. The lowest BCUT2D eigenvalue weighted by molar-refractivity contribution is 1.12. The molecule has 3 heteroatoms. The molecule has 0 fully saturated rings. The van der Waals surface area contributed by atoms with E-state index in [-0.39, 0.29) is 0 Å². The molecule has 1 atom stereocenters. The molecule has 1 aromatic rings. The molecule has 56 valence electrons. The highest BCUT2D eigenvalue weighted by Crippen LogP contribution is 2.20. The van der Waals surface area contributed by atoms with Gasteiger partial charge in [0.15, 0.2) is 0 Å². The Bertz CT molecular complexity index is 290. The van der Waals surface area contributed by atoms with E-state index in [1.54, 1.807) is 12.4 Å². The second kappa shape index (κ2) is 3.36. The quantitative estimate of drug-likeness (QED) is 0.600. The van der Waals surface area contributed by atoms with Crippen LogP contribution < -0.4 is 0 Å². The van der Waals surface area contributed by atoms with E-state index < -0.39 is 5.38 Å². The van der Waals surface area contributed by atoms with Gasteiger partial charge in [-0.25, -0.2) is 0 Å². The molecule has 0 aliphatic heterocycles. The summed E-state index contributed by atoms with van der Waals surface area (Å²) in [4.78, 5) is 3.88. The molecule has 0 aromatic carbocycles. The van der Waals surface area contributed by atoms with E-state index in [0.717, 1.165) is 11.1 Å². The van der Waals surface area contributed by atoms with Crippen LogP contribution in [0.1, 0.15) is 16.5 Å². The van der Waals surface area contributed by atoms with Crippen LogP contribution in [0.3, 0.4) is 0 Å². The second-order valence-electron chi connectivity index (χ2n) is 2.22. The van der Waals surface area contributed by atoms with Crippen molar-refractivity contribution >= 4 is 11.6 Å². The fraction of sp³-hybridized carbons (Fsp3) is 0.250. The van der Waals surface area contributed by atoms with Gasteiger partial charge in [-0.15, -0.1) is 11.6 Å². The van der Waals surface area contributed by atoms with Crippen molar-refractivity contribution in [1.29, 1.82) is 5.26 Å². The van der Waals surface area contributed by atoms with Crippen molar-refractivity contribution in [2.24, 2.45) is 0 Å². The standard InChI is InChI=1S/C8H7ClN2/c1-6-2-3-11-5-7(6)8(9)4-10/h2-3,5,8H,1H3. The first-order valence-corrected chi connectivity index (χ1v) is 3.63. The SMILES string of the molecule is Cc1ccncc1C(Cl)C#N. The van der Waals surface area contributed by atoms with Crippen LogP contribution in [0.25, 0.3) is 0 Å². The number of hydrogen-bond donors (Lipinski definition) is 0. The van der Waals surface area contributed by atoms with E-state index in [0.29, 0.717) is 0 Å². The van der Waals surface area contributed by atoms with Crippen molar-refractivity contribution in [1.82, 2.24) is 4.98 Å². The molecular formula is C8H7ClN2. The second-order valence-corrected chi connectivity index (χ2v) is 2.66. The Kier molecular flexibility index (Phi) is 2.45. The van der Waals surface area contributed by atoms with E-state index in [4.69, 9.17) is 16.9 Å². The molecule has 1 rings (SSSR count). The molecule has 2 nitrogen and oxygen atoms in total. The summed E-state index contributed by atoms with van der Waals surface area (Å²) in [5, 5.41) is 7.92. The van der Waals surface area contributed by atoms with Gasteiger partial charge in [0.25, 0.3) is 0 Å². The van der Waals surface area contributed by atoms with Gasteiger partial charge >= 0.3 is 0 Å². The lowest BCUT2D eigenvalue weighted by Crippen LogP contribution is -1.91. The van der Waals surface area contributed by atoms with Crippen molar-refractivity contribution in [3.8, 4) is 6.07 Å². The first-order chi connectivity index (χ1) is 5.25. The van der Waals surface area contributed by atoms with Gasteiger partial charge < -0.3 is 0 Å². The van der Waals surface area contributed by atoms with E-state index in [2.05, 4.69) is 4.98 Å².